The fourth-order valence-electron chi connectivity index (χ4n) is 2.48. The molecule has 18 heavy (non-hydrogen) atoms. The zero-order valence-corrected chi connectivity index (χ0v) is 11.9. The molecule has 0 heterocycles. The van der Waals surface area contributed by atoms with Gasteiger partial charge in [0.05, 0.1) is 6.10 Å². The van der Waals surface area contributed by atoms with Gasteiger partial charge in [0, 0.05) is 32.7 Å². The molecule has 1 aliphatic rings. The maximum atomic E-state index is 11.7. The van der Waals surface area contributed by atoms with Crippen molar-refractivity contribution in [2.24, 2.45) is 0 Å². The number of nitrogens with one attached hydrogen (secondary N) is 1. The van der Waals surface area contributed by atoms with Crippen molar-refractivity contribution in [3.63, 3.8) is 0 Å². The van der Waals surface area contributed by atoms with Gasteiger partial charge in [-0.2, -0.15) is 0 Å². The van der Waals surface area contributed by atoms with E-state index < -0.39 is 6.10 Å². The first-order valence-electron chi connectivity index (χ1n) is 6.88. The third-order valence-corrected chi connectivity index (χ3v) is 3.57. The predicted octanol–water partition coefficient (Wildman–Crippen LogP) is 0.883. The molecule has 0 aromatic heterocycles. The Kier molecular flexibility index (Phi) is 6.43. The number of carbonyl (C=O) groups excluding carboxylic acids is 1. The van der Waals surface area contributed by atoms with Crippen LogP contribution >= 0.6 is 0 Å². The average Bonchev–Trinajstić information content (AvgIpc) is 2.81. The lowest BCUT2D eigenvalue weighted by Crippen LogP contribution is -2.44. The van der Waals surface area contributed by atoms with Crippen LogP contribution in [0.15, 0.2) is 0 Å². The summed E-state index contributed by atoms with van der Waals surface area (Å²) in [6.07, 6.45) is 4.75. The van der Waals surface area contributed by atoms with Crippen molar-refractivity contribution >= 4 is 6.03 Å². The van der Waals surface area contributed by atoms with E-state index in [-0.39, 0.29) is 6.03 Å². The molecular weight excluding hydrogens is 230 g/mol. The number of amides is 2. The third kappa shape index (κ3) is 5.23. The zero-order chi connectivity index (χ0) is 13.5. The molecule has 0 radical (unpaired) electrons. The Morgan fingerprint density at radius 3 is 2.56 bits per heavy atom. The van der Waals surface area contributed by atoms with Gasteiger partial charge >= 0.3 is 6.03 Å². The second-order valence-corrected chi connectivity index (χ2v) is 5.38. The molecule has 1 fully saturated rings. The Morgan fingerprint density at radius 2 is 2.00 bits per heavy atom. The summed E-state index contributed by atoms with van der Waals surface area (Å²) in [5.74, 6) is 0. The van der Waals surface area contributed by atoms with Gasteiger partial charge in [-0.3, -0.25) is 0 Å². The monoisotopic (exact) mass is 257 g/mol. The molecule has 5 heteroatoms. The van der Waals surface area contributed by atoms with Crippen LogP contribution in [0.2, 0.25) is 0 Å². The van der Waals surface area contributed by atoms with E-state index >= 15 is 0 Å². The fraction of sp³-hybridized carbons (Fsp3) is 0.923. The van der Waals surface area contributed by atoms with Crippen LogP contribution < -0.4 is 5.32 Å². The van der Waals surface area contributed by atoms with E-state index in [2.05, 4.69) is 17.3 Å². The van der Waals surface area contributed by atoms with Gasteiger partial charge in [0.25, 0.3) is 0 Å². The van der Waals surface area contributed by atoms with Crippen molar-refractivity contribution in [1.82, 2.24) is 15.1 Å². The molecule has 1 saturated carbocycles. The molecule has 1 atom stereocenters. The van der Waals surface area contributed by atoms with Crippen LogP contribution in [0.3, 0.4) is 0 Å². The van der Waals surface area contributed by atoms with Gasteiger partial charge in [-0.15, -0.1) is 0 Å². The molecule has 2 amide bonds. The molecule has 106 valence electrons. The van der Waals surface area contributed by atoms with E-state index in [1.165, 1.54) is 30.6 Å². The molecule has 0 saturated heterocycles. The van der Waals surface area contributed by atoms with E-state index in [4.69, 9.17) is 0 Å². The molecule has 0 bridgehead atoms. The van der Waals surface area contributed by atoms with Crippen molar-refractivity contribution in [1.29, 1.82) is 0 Å². The van der Waals surface area contributed by atoms with Crippen LogP contribution in [-0.2, 0) is 0 Å². The minimum absolute atomic E-state index is 0.115. The van der Waals surface area contributed by atoms with E-state index in [0.29, 0.717) is 19.1 Å². The van der Waals surface area contributed by atoms with Gasteiger partial charge in [0.15, 0.2) is 0 Å². The fourth-order valence-corrected chi connectivity index (χ4v) is 2.48. The summed E-state index contributed by atoms with van der Waals surface area (Å²) in [5.41, 5.74) is 0. The van der Waals surface area contributed by atoms with Gasteiger partial charge in [-0.05, 0) is 26.8 Å². The number of hydrogen-bond acceptors (Lipinski definition) is 3. The molecule has 0 aromatic rings. The molecule has 0 aliphatic heterocycles. The predicted molar refractivity (Wildman–Crippen MR) is 72.6 cm³/mol. The molecule has 0 aromatic carbocycles. The number of aliphatic hydroxyl groups excluding tert-OH is 1. The second kappa shape index (κ2) is 7.59. The van der Waals surface area contributed by atoms with Crippen LogP contribution in [0.4, 0.5) is 4.79 Å². The topological polar surface area (TPSA) is 55.8 Å². The summed E-state index contributed by atoms with van der Waals surface area (Å²) in [7, 11) is 3.82. The molecular formula is C13H27N3O2. The molecule has 0 spiro atoms. The number of likely N-dealkylation sites (N-methyl/N-ethyl adjacent to an activating group) is 2. The van der Waals surface area contributed by atoms with Crippen molar-refractivity contribution in [2.45, 2.75) is 44.8 Å². The van der Waals surface area contributed by atoms with E-state index in [1.54, 1.807) is 14.0 Å². The summed E-state index contributed by atoms with van der Waals surface area (Å²) in [5, 5.41) is 12.1. The molecule has 5 nitrogen and oxygen atoms in total. The lowest BCUT2D eigenvalue weighted by atomic mass is 10.2. The summed E-state index contributed by atoms with van der Waals surface area (Å²) >= 11 is 0. The lowest BCUT2D eigenvalue weighted by molar-refractivity contribution is 0.143. The smallest absolute Gasteiger partial charge is 0.317 e. The summed E-state index contributed by atoms with van der Waals surface area (Å²) in [4.78, 5) is 15.5. The maximum absolute atomic E-state index is 11.7. The summed E-state index contributed by atoms with van der Waals surface area (Å²) < 4.78 is 0. The normalized spacial score (nSPS) is 18.1. The van der Waals surface area contributed by atoms with Crippen LogP contribution in [0.25, 0.3) is 0 Å². The summed E-state index contributed by atoms with van der Waals surface area (Å²) in [6.45, 7) is 3.59. The molecule has 1 rings (SSSR count). The van der Waals surface area contributed by atoms with Gasteiger partial charge in [0.1, 0.15) is 0 Å². The van der Waals surface area contributed by atoms with Crippen LogP contribution in [-0.4, -0.2) is 66.8 Å². The Balaban J connectivity index is 2.14. The van der Waals surface area contributed by atoms with Crippen molar-refractivity contribution in [3.8, 4) is 0 Å². The van der Waals surface area contributed by atoms with Crippen LogP contribution in [0.5, 0.6) is 0 Å². The Hall–Kier alpha value is -0.810. The minimum Gasteiger partial charge on any atom is -0.392 e. The van der Waals surface area contributed by atoms with E-state index in [1.807, 2.05) is 0 Å². The highest BCUT2D eigenvalue weighted by Crippen LogP contribution is 2.21. The highest BCUT2D eigenvalue weighted by atomic mass is 16.3. The lowest BCUT2D eigenvalue weighted by Gasteiger charge is -2.25. The van der Waals surface area contributed by atoms with E-state index in [0.717, 1.165) is 6.54 Å². The van der Waals surface area contributed by atoms with Gasteiger partial charge in [0.2, 0.25) is 0 Å². The number of hydrogen-bond donors (Lipinski definition) is 2. The van der Waals surface area contributed by atoms with Crippen molar-refractivity contribution in [3.05, 3.63) is 0 Å². The van der Waals surface area contributed by atoms with Crippen molar-refractivity contribution < 1.29 is 9.90 Å². The quantitative estimate of drug-likeness (QED) is 0.743. The number of nitrogens with zero attached hydrogens (tertiary/aromatic N) is 2. The van der Waals surface area contributed by atoms with Gasteiger partial charge < -0.3 is 20.2 Å². The van der Waals surface area contributed by atoms with Crippen molar-refractivity contribution in [2.75, 3.05) is 33.7 Å². The summed E-state index contributed by atoms with van der Waals surface area (Å²) in [6, 6.07) is 0.577. The highest BCUT2D eigenvalue weighted by molar-refractivity contribution is 5.73. The van der Waals surface area contributed by atoms with Gasteiger partial charge in [-0.25, -0.2) is 4.79 Å². The van der Waals surface area contributed by atoms with E-state index in [9.17, 15) is 9.90 Å². The highest BCUT2D eigenvalue weighted by Gasteiger charge is 2.19. The first-order chi connectivity index (χ1) is 8.50. The Bertz CT molecular complexity index is 253. The number of urea groups is 1. The van der Waals surface area contributed by atoms with Crippen LogP contribution in [0.1, 0.15) is 32.6 Å². The standard InChI is InChI=1S/C13H27N3O2/c1-11(17)10-16(3)13(18)14-8-9-15(2)12-6-4-5-7-12/h11-12,17H,4-10H2,1-3H3,(H,14,18). The third-order valence-electron chi connectivity index (χ3n) is 3.57. The number of aliphatic hydroxyl groups is 1. The average molecular weight is 257 g/mol. The van der Waals surface area contributed by atoms with Crippen LogP contribution in [0, 0.1) is 0 Å². The number of carbonyl (C=O) groups is 1. The first kappa shape index (κ1) is 15.2. The first-order valence-corrected chi connectivity index (χ1v) is 6.88. The molecule has 1 unspecified atom stereocenters. The minimum atomic E-state index is -0.484. The molecule has 2 N–H and O–H groups in total. The zero-order valence-electron chi connectivity index (χ0n) is 11.9. The molecule has 1 aliphatic carbocycles. The Morgan fingerprint density at radius 1 is 1.39 bits per heavy atom. The maximum Gasteiger partial charge on any atom is 0.317 e. The second-order valence-electron chi connectivity index (χ2n) is 5.38. The Labute approximate surface area is 110 Å². The largest absolute Gasteiger partial charge is 0.392 e. The van der Waals surface area contributed by atoms with Gasteiger partial charge in [-0.1, -0.05) is 12.8 Å². The SMILES string of the molecule is CC(O)CN(C)C(=O)NCCN(C)C1CCCC1. The number of rotatable bonds is 6.